The van der Waals surface area contributed by atoms with Crippen LogP contribution in [0.3, 0.4) is 0 Å². The van der Waals surface area contributed by atoms with Crippen molar-refractivity contribution in [3.8, 4) is 17.6 Å². The number of methoxy groups -OCH3 is 1. The van der Waals surface area contributed by atoms with Crippen LogP contribution in [0.5, 0.6) is 11.5 Å². The summed E-state index contributed by atoms with van der Waals surface area (Å²) in [7, 11) is 1.32. The molecule has 1 amide bonds. The molecule has 0 atom stereocenters. The zero-order valence-electron chi connectivity index (χ0n) is 17.6. The number of carbonyl (C=O) groups is 1. The molecule has 2 aromatic rings. The number of rotatable bonds is 8. The number of aromatic nitrogens is 1. The number of benzene rings is 1. The highest BCUT2D eigenvalue weighted by Gasteiger charge is 2.16. The summed E-state index contributed by atoms with van der Waals surface area (Å²) in [6.07, 6.45) is 1.52. The molecule has 30 heavy (non-hydrogen) atoms. The molecule has 0 saturated heterocycles. The monoisotopic (exact) mass is 417 g/mol. The van der Waals surface area contributed by atoms with Crippen molar-refractivity contribution in [3.63, 3.8) is 0 Å². The predicted molar refractivity (Wildman–Crippen MR) is 111 cm³/mol. The van der Waals surface area contributed by atoms with Crippen LogP contribution in [0.25, 0.3) is 6.08 Å². The second-order valence-electron chi connectivity index (χ2n) is 7.20. The number of nitrogens with one attached hydrogen (secondary N) is 1. The number of halogens is 2. The quantitative estimate of drug-likeness (QED) is 0.489. The lowest BCUT2D eigenvalue weighted by Gasteiger charge is -2.12. The molecule has 1 aromatic heterocycles. The first-order valence-corrected chi connectivity index (χ1v) is 9.39. The Morgan fingerprint density at radius 2 is 1.97 bits per heavy atom. The molecule has 0 saturated carbocycles. The van der Waals surface area contributed by atoms with Gasteiger partial charge in [0.05, 0.1) is 7.11 Å². The standard InChI is InChI=1S/C22H25F2N3O3/c1-13(2)12-27-14(3)8-16(15(27)4)9-17(11-25)21(28)26-18-6-7-19(29-5)20(10-18)30-22(23)24/h6-10,13,22H,12H2,1-5H3,(H,26,28)/b17-9+. The van der Waals surface area contributed by atoms with Gasteiger partial charge in [-0.15, -0.1) is 0 Å². The maximum absolute atomic E-state index is 12.6. The van der Waals surface area contributed by atoms with Crippen LogP contribution < -0.4 is 14.8 Å². The van der Waals surface area contributed by atoms with E-state index in [-0.39, 0.29) is 22.8 Å². The van der Waals surface area contributed by atoms with E-state index in [9.17, 15) is 18.8 Å². The largest absolute Gasteiger partial charge is 0.493 e. The molecule has 0 radical (unpaired) electrons. The second kappa shape index (κ2) is 9.92. The van der Waals surface area contributed by atoms with Gasteiger partial charge < -0.3 is 19.4 Å². The molecule has 6 nitrogen and oxygen atoms in total. The Morgan fingerprint density at radius 1 is 1.27 bits per heavy atom. The average Bonchev–Trinajstić information content (AvgIpc) is 2.92. The van der Waals surface area contributed by atoms with Crippen molar-refractivity contribution < 1.29 is 23.0 Å². The number of anilines is 1. The van der Waals surface area contributed by atoms with E-state index >= 15 is 0 Å². The van der Waals surface area contributed by atoms with Gasteiger partial charge in [0, 0.05) is 29.7 Å². The molecule has 8 heteroatoms. The highest BCUT2D eigenvalue weighted by atomic mass is 19.3. The van der Waals surface area contributed by atoms with Gasteiger partial charge >= 0.3 is 6.61 Å². The first-order chi connectivity index (χ1) is 14.2. The maximum atomic E-state index is 12.6. The van der Waals surface area contributed by atoms with Crippen LogP contribution in [-0.4, -0.2) is 24.2 Å². The zero-order chi connectivity index (χ0) is 22.4. The first kappa shape index (κ1) is 22.9. The van der Waals surface area contributed by atoms with Crippen LogP contribution in [-0.2, 0) is 11.3 Å². The minimum atomic E-state index is -3.04. The summed E-state index contributed by atoms with van der Waals surface area (Å²) in [5.74, 6) is -0.323. The van der Waals surface area contributed by atoms with Gasteiger partial charge in [0.2, 0.25) is 0 Å². The summed E-state index contributed by atoms with van der Waals surface area (Å²) in [6.45, 7) is 5.93. The fourth-order valence-electron chi connectivity index (χ4n) is 3.07. The van der Waals surface area contributed by atoms with Gasteiger partial charge in [-0.2, -0.15) is 14.0 Å². The minimum absolute atomic E-state index is 0.0990. The van der Waals surface area contributed by atoms with Crippen molar-refractivity contribution in [1.82, 2.24) is 4.57 Å². The van der Waals surface area contributed by atoms with Gasteiger partial charge in [0.15, 0.2) is 11.5 Å². The van der Waals surface area contributed by atoms with E-state index in [2.05, 4.69) is 28.5 Å². The van der Waals surface area contributed by atoms with E-state index in [0.717, 1.165) is 23.5 Å². The Kier molecular flexibility index (Phi) is 7.59. The third-order valence-corrected chi connectivity index (χ3v) is 4.46. The van der Waals surface area contributed by atoms with Crippen LogP contribution in [0.4, 0.5) is 14.5 Å². The van der Waals surface area contributed by atoms with E-state index in [1.807, 2.05) is 26.0 Å². The van der Waals surface area contributed by atoms with E-state index in [0.29, 0.717) is 5.92 Å². The van der Waals surface area contributed by atoms with E-state index in [1.165, 1.54) is 31.4 Å². The lowest BCUT2D eigenvalue weighted by Crippen LogP contribution is -2.14. The molecule has 160 valence electrons. The molecule has 2 rings (SSSR count). The molecular weight excluding hydrogens is 392 g/mol. The summed E-state index contributed by atoms with van der Waals surface area (Å²) in [5, 5.41) is 12.0. The predicted octanol–water partition coefficient (Wildman–Crippen LogP) is 4.92. The minimum Gasteiger partial charge on any atom is -0.493 e. The fourth-order valence-corrected chi connectivity index (χ4v) is 3.07. The average molecular weight is 417 g/mol. The molecule has 1 heterocycles. The lowest BCUT2D eigenvalue weighted by atomic mass is 10.1. The molecule has 1 aromatic carbocycles. The summed E-state index contributed by atoms with van der Waals surface area (Å²) in [4.78, 5) is 12.6. The van der Waals surface area contributed by atoms with Gasteiger partial charge in [-0.25, -0.2) is 0 Å². The molecule has 0 fully saturated rings. The SMILES string of the molecule is COc1ccc(NC(=O)/C(C#N)=C/c2cc(C)n(CC(C)C)c2C)cc1OC(F)F. The summed E-state index contributed by atoms with van der Waals surface area (Å²) >= 11 is 0. The Balaban J connectivity index is 2.29. The molecule has 0 aliphatic rings. The molecule has 0 bridgehead atoms. The van der Waals surface area contributed by atoms with Crippen molar-refractivity contribution in [2.24, 2.45) is 5.92 Å². The van der Waals surface area contributed by atoms with E-state index in [4.69, 9.17) is 4.74 Å². The van der Waals surface area contributed by atoms with Gasteiger partial charge in [-0.1, -0.05) is 13.8 Å². The van der Waals surface area contributed by atoms with E-state index in [1.54, 1.807) is 0 Å². The van der Waals surface area contributed by atoms with Gasteiger partial charge in [0.1, 0.15) is 11.6 Å². The number of carbonyl (C=O) groups excluding carboxylic acids is 1. The van der Waals surface area contributed by atoms with Crippen LogP contribution in [0.2, 0.25) is 0 Å². The van der Waals surface area contributed by atoms with Crippen LogP contribution in [0, 0.1) is 31.1 Å². The number of nitrogens with zero attached hydrogens (tertiary/aromatic N) is 2. The number of amides is 1. The normalized spacial score (nSPS) is 11.5. The zero-order valence-corrected chi connectivity index (χ0v) is 17.6. The van der Waals surface area contributed by atoms with Crippen LogP contribution >= 0.6 is 0 Å². The van der Waals surface area contributed by atoms with Crippen molar-refractivity contribution in [2.45, 2.75) is 40.9 Å². The summed E-state index contributed by atoms with van der Waals surface area (Å²) in [5.41, 5.74) is 2.86. The molecule has 0 aliphatic carbocycles. The Bertz CT molecular complexity index is 988. The second-order valence-corrected chi connectivity index (χ2v) is 7.20. The third kappa shape index (κ3) is 5.60. The number of hydrogen-bond acceptors (Lipinski definition) is 4. The first-order valence-electron chi connectivity index (χ1n) is 9.39. The number of alkyl halides is 2. The molecule has 0 aliphatic heterocycles. The van der Waals surface area contributed by atoms with Crippen molar-refractivity contribution in [3.05, 3.63) is 46.8 Å². The van der Waals surface area contributed by atoms with E-state index < -0.39 is 12.5 Å². The highest BCUT2D eigenvalue weighted by molar-refractivity contribution is 6.09. The van der Waals surface area contributed by atoms with Crippen molar-refractivity contribution in [2.75, 3.05) is 12.4 Å². The lowest BCUT2D eigenvalue weighted by molar-refractivity contribution is -0.112. The van der Waals surface area contributed by atoms with Gasteiger partial charge in [0.25, 0.3) is 5.91 Å². The van der Waals surface area contributed by atoms with Crippen LogP contribution in [0.1, 0.15) is 30.8 Å². The summed E-state index contributed by atoms with van der Waals surface area (Å²) < 4.78 is 36.7. The summed E-state index contributed by atoms with van der Waals surface area (Å²) in [6, 6.07) is 7.90. The molecular formula is C22H25F2N3O3. The maximum Gasteiger partial charge on any atom is 0.387 e. The van der Waals surface area contributed by atoms with Crippen molar-refractivity contribution in [1.29, 1.82) is 5.26 Å². The Morgan fingerprint density at radius 3 is 2.53 bits per heavy atom. The number of ether oxygens (including phenoxy) is 2. The molecule has 0 spiro atoms. The highest BCUT2D eigenvalue weighted by Crippen LogP contribution is 2.31. The molecule has 1 N–H and O–H groups in total. The topological polar surface area (TPSA) is 76.3 Å². The van der Waals surface area contributed by atoms with Crippen molar-refractivity contribution >= 4 is 17.7 Å². The smallest absolute Gasteiger partial charge is 0.387 e. The third-order valence-electron chi connectivity index (χ3n) is 4.46. The van der Waals surface area contributed by atoms with Gasteiger partial charge in [-0.05, 0) is 49.6 Å². The number of aryl methyl sites for hydroxylation is 1. The number of hydrogen-bond donors (Lipinski definition) is 1. The van der Waals surface area contributed by atoms with Crippen LogP contribution in [0.15, 0.2) is 29.8 Å². The Labute approximate surface area is 174 Å². The van der Waals surface area contributed by atoms with Gasteiger partial charge in [-0.3, -0.25) is 4.79 Å². The fraction of sp³-hybridized carbons (Fsp3) is 0.364. The molecule has 0 unspecified atom stereocenters. The Hall–Kier alpha value is -3.34. The number of nitriles is 1.